The van der Waals surface area contributed by atoms with E-state index in [9.17, 15) is 33.1 Å². The molecule has 1 fully saturated rings. The molecule has 2 rings (SSSR count). The molecule has 1 aromatic heterocycles. The third-order valence-corrected chi connectivity index (χ3v) is 5.89. The highest BCUT2D eigenvalue weighted by atomic mass is 32.2. The van der Waals surface area contributed by atoms with E-state index in [0.717, 1.165) is 12.3 Å². The van der Waals surface area contributed by atoms with Gasteiger partial charge in [0.05, 0.1) is 6.04 Å². The molecule has 0 radical (unpaired) electrons. The number of aliphatic hydroxyl groups excluding tert-OH is 1. The molecule has 1 aromatic rings. The zero-order valence-electron chi connectivity index (χ0n) is 19.1. The Bertz CT molecular complexity index is 999. The van der Waals surface area contributed by atoms with Gasteiger partial charge in [0, 0.05) is 12.6 Å². The van der Waals surface area contributed by atoms with Crippen molar-refractivity contribution < 1.29 is 43.0 Å². The van der Waals surface area contributed by atoms with Crippen LogP contribution in [0.2, 0.25) is 0 Å². The molecule has 5 atom stereocenters. The van der Waals surface area contributed by atoms with Crippen molar-refractivity contribution in [3.63, 3.8) is 0 Å². The van der Waals surface area contributed by atoms with Crippen LogP contribution in [0, 0.1) is 0 Å². The number of aromatic nitrogens is 2. The molecule has 8 N–H and O–H groups in total. The number of ether oxygens (including phenoxy) is 2. The van der Waals surface area contributed by atoms with Gasteiger partial charge in [0.25, 0.3) is 5.91 Å². The summed E-state index contributed by atoms with van der Waals surface area (Å²) in [6.07, 6.45) is -3.91. The number of nitrogens with one attached hydrogen (secondary N) is 2. The van der Waals surface area contributed by atoms with Crippen molar-refractivity contribution in [1.29, 1.82) is 0 Å². The molecule has 2 amide bonds. The quantitative estimate of drug-likeness (QED) is 0.0977. The minimum Gasteiger partial charge on any atom is -0.463 e. The summed E-state index contributed by atoms with van der Waals surface area (Å²) in [5, 5.41) is 21.1. The average molecular weight is 539 g/mol. The Morgan fingerprint density at radius 2 is 2.06 bits per heavy atom. The van der Waals surface area contributed by atoms with Crippen molar-refractivity contribution >= 4 is 35.4 Å². The van der Waals surface area contributed by atoms with Gasteiger partial charge in [-0.1, -0.05) is 0 Å². The smallest absolute Gasteiger partial charge is 0.351 e. The van der Waals surface area contributed by atoms with Crippen LogP contribution in [0.5, 0.6) is 0 Å². The van der Waals surface area contributed by atoms with E-state index in [4.69, 9.17) is 26.1 Å². The molecule has 36 heavy (non-hydrogen) atoms. The molecule has 3 unspecified atom stereocenters. The van der Waals surface area contributed by atoms with Crippen molar-refractivity contribution in [2.75, 3.05) is 24.3 Å². The monoisotopic (exact) mass is 538 g/mol. The Balaban J connectivity index is 1.87. The van der Waals surface area contributed by atoms with E-state index < -0.39 is 66.5 Å². The molecule has 14 nitrogen and oxygen atoms in total. The molecule has 2 heterocycles. The second kappa shape index (κ2) is 12.9. The largest absolute Gasteiger partial charge is 0.463 e. The number of esters is 1. The van der Waals surface area contributed by atoms with E-state index in [2.05, 4.69) is 10.3 Å². The summed E-state index contributed by atoms with van der Waals surface area (Å²) >= 11 is 1.42. The number of halogens is 2. The molecule has 1 saturated heterocycles. The third-order valence-electron chi connectivity index (χ3n) is 5.24. The van der Waals surface area contributed by atoms with Gasteiger partial charge in [-0.3, -0.25) is 24.2 Å². The summed E-state index contributed by atoms with van der Waals surface area (Å²) in [4.78, 5) is 51.1. The van der Waals surface area contributed by atoms with Crippen molar-refractivity contribution in [2.24, 2.45) is 5.73 Å². The molecule has 17 heteroatoms. The number of nitrogens with zero attached hydrogens (tertiary/aromatic N) is 2. The summed E-state index contributed by atoms with van der Waals surface area (Å²) in [6, 6.07) is -1.15. The lowest BCUT2D eigenvalue weighted by Crippen LogP contribution is -2.51. The first-order chi connectivity index (χ1) is 16.9. The van der Waals surface area contributed by atoms with Crippen LogP contribution < -0.4 is 28.0 Å². The predicted molar refractivity (Wildman–Crippen MR) is 121 cm³/mol. The van der Waals surface area contributed by atoms with Crippen LogP contribution in [0.3, 0.4) is 0 Å². The second-order valence-corrected chi connectivity index (χ2v) is 8.82. The topological polar surface area (TPSA) is 221 Å². The molecular weight excluding hydrogens is 510 g/mol. The van der Waals surface area contributed by atoms with Crippen LogP contribution in [0.4, 0.5) is 14.6 Å². The van der Waals surface area contributed by atoms with Crippen molar-refractivity contribution in [1.82, 2.24) is 20.3 Å². The maximum atomic E-state index is 14.5. The summed E-state index contributed by atoms with van der Waals surface area (Å²) in [6.45, 7) is -0.766. The van der Waals surface area contributed by atoms with E-state index in [-0.39, 0.29) is 25.1 Å². The van der Waals surface area contributed by atoms with Crippen LogP contribution in [0.1, 0.15) is 25.5 Å². The highest BCUT2D eigenvalue weighted by molar-refractivity contribution is 7.98. The van der Waals surface area contributed by atoms with Crippen molar-refractivity contribution in [3.05, 3.63) is 22.7 Å². The summed E-state index contributed by atoms with van der Waals surface area (Å²) in [5.74, 6) is -6.09. The molecule has 0 spiro atoms. The number of aliphatic hydroxyl groups is 1. The zero-order valence-corrected chi connectivity index (χ0v) is 20.0. The number of thioether (sulfide) groups is 1. The number of carbonyl (C=O) groups is 3. The molecule has 1 aliphatic heterocycles. The number of nitrogen functional groups attached to an aromatic ring is 1. The summed E-state index contributed by atoms with van der Waals surface area (Å²) in [5.41, 5.74) is 11.4. The number of hydrogen-bond acceptors (Lipinski definition) is 12. The zero-order chi connectivity index (χ0) is 27.0. The summed E-state index contributed by atoms with van der Waals surface area (Å²) < 4.78 is 39.4. The van der Waals surface area contributed by atoms with Gasteiger partial charge in [-0.25, -0.2) is 10.3 Å². The van der Waals surface area contributed by atoms with Gasteiger partial charge < -0.3 is 31.4 Å². The number of rotatable bonds is 12. The number of alkyl halides is 2. The first kappa shape index (κ1) is 29.4. The fourth-order valence-electron chi connectivity index (χ4n) is 3.22. The number of hydrogen-bond donors (Lipinski definition) is 6. The first-order valence-corrected chi connectivity index (χ1v) is 12.0. The number of anilines is 1. The Kier molecular flexibility index (Phi) is 10.5. The highest BCUT2D eigenvalue weighted by Crippen LogP contribution is 2.42. The summed E-state index contributed by atoms with van der Waals surface area (Å²) in [7, 11) is 0. The minimum absolute atomic E-state index is 0.192. The Hall–Kier alpha value is -2.86. The van der Waals surface area contributed by atoms with Gasteiger partial charge in [0.15, 0.2) is 6.10 Å². The van der Waals surface area contributed by atoms with Crippen LogP contribution in [-0.2, 0) is 23.9 Å². The molecule has 0 aromatic carbocycles. The molecule has 202 valence electrons. The Morgan fingerprint density at radius 3 is 2.67 bits per heavy atom. The maximum Gasteiger partial charge on any atom is 0.351 e. The normalized spacial score (nSPS) is 22.4. The molecule has 0 bridgehead atoms. The number of carbonyl (C=O) groups excluding carboxylic acids is 3. The Morgan fingerprint density at radius 1 is 1.36 bits per heavy atom. The lowest BCUT2D eigenvalue weighted by Gasteiger charge is -2.20. The van der Waals surface area contributed by atoms with E-state index >= 15 is 0 Å². The second-order valence-electron chi connectivity index (χ2n) is 7.84. The highest BCUT2D eigenvalue weighted by Gasteiger charge is 2.60. The third kappa shape index (κ3) is 7.33. The van der Waals surface area contributed by atoms with E-state index in [1.165, 1.54) is 17.2 Å². The van der Waals surface area contributed by atoms with Gasteiger partial charge in [-0.2, -0.15) is 25.5 Å². The lowest BCUT2D eigenvalue weighted by molar-refractivity contribution is -0.151. The van der Waals surface area contributed by atoms with Gasteiger partial charge in [-0.05, 0) is 30.9 Å². The number of hydroxylamine groups is 1. The van der Waals surface area contributed by atoms with Crippen LogP contribution in [0.25, 0.3) is 0 Å². The SMILES string of the molecule is CSCCC(NC(=O)C(N)CCC(=O)OC[C@H]1O[C@@H](n2ccc(N)nc2=O)C(F)(F)C1O)C(=O)NO. The van der Waals surface area contributed by atoms with Crippen molar-refractivity contribution in [2.45, 2.75) is 55.7 Å². The van der Waals surface area contributed by atoms with Gasteiger partial charge >= 0.3 is 17.6 Å². The number of nitrogens with two attached hydrogens (primary N) is 2. The average Bonchev–Trinajstić information content (AvgIpc) is 3.06. The van der Waals surface area contributed by atoms with Gasteiger partial charge in [0.2, 0.25) is 12.1 Å². The lowest BCUT2D eigenvalue weighted by atomic mass is 10.1. The van der Waals surface area contributed by atoms with E-state index in [1.807, 2.05) is 0 Å². The standard InChI is InChI=1S/C19H28F2N6O8S/c1-36-7-5-10(16(31)26-33)24-15(30)9(22)2-3-13(28)34-8-11-14(29)19(20,21)17(35-11)27-6-4-12(23)25-18(27)32/h4,6,9-11,14,17,29,33H,2-3,5,7-8,22H2,1H3,(H,24,30)(H,26,31)(H2,23,25,32)/t9?,10?,11-,14?,17-/m1/s1. The molecule has 1 aliphatic rings. The fraction of sp³-hybridized carbons (Fsp3) is 0.632. The molecule has 0 saturated carbocycles. The van der Waals surface area contributed by atoms with Gasteiger partial charge in [0.1, 0.15) is 24.6 Å². The van der Waals surface area contributed by atoms with E-state index in [1.54, 1.807) is 6.26 Å². The van der Waals surface area contributed by atoms with E-state index in [0.29, 0.717) is 10.3 Å². The maximum absolute atomic E-state index is 14.5. The van der Waals surface area contributed by atoms with Crippen molar-refractivity contribution in [3.8, 4) is 0 Å². The van der Waals surface area contributed by atoms with Crippen LogP contribution in [-0.4, -0.2) is 86.5 Å². The molecular formula is C19H28F2N6O8S. The predicted octanol–water partition coefficient (Wildman–Crippen LogP) is -1.89. The van der Waals surface area contributed by atoms with Crippen LogP contribution in [0.15, 0.2) is 17.1 Å². The van der Waals surface area contributed by atoms with Crippen LogP contribution >= 0.6 is 11.8 Å². The first-order valence-electron chi connectivity index (χ1n) is 10.6. The molecule has 0 aliphatic carbocycles. The number of amides is 2. The fourth-order valence-corrected chi connectivity index (χ4v) is 3.69. The van der Waals surface area contributed by atoms with Gasteiger partial charge in [-0.15, -0.1) is 0 Å². The Labute approximate surface area is 207 Å². The minimum atomic E-state index is -3.91.